The van der Waals surface area contributed by atoms with Gasteiger partial charge in [-0.1, -0.05) is 51.1 Å². The Kier molecular flexibility index (Phi) is 6.42. The molecule has 6 heteroatoms. The molecule has 1 aliphatic heterocycles. The average molecular weight is 374 g/mol. The highest BCUT2D eigenvalue weighted by atomic mass is 28.3. The third kappa shape index (κ3) is 4.83. The standard InChI is InChI=1S/C20H29N2O3Si/c1-14(23)22-12-17(15-10-8-7-9-11-15)21-19(24)18(22)16(20(2,3)4)13-25-26(5)6/h7-12,16,18H,13H2,1-6H3,(H,21,24). The fourth-order valence-electron chi connectivity index (χ4n) is 3.08. The van der Waals surface area contributed by atoms with Crippen molar-refractivity contribution >= 4 is 26.6 Å². The SMILES string of the molecule is CC(=O)N1C=C(c2ccccc2)NC(=O)C1C(CO[Si](C)C)C(C)(C)C. The summed E-state index contributed by atoms with van der Waals surface area (Å²) in [5, 5.41) is 2.99. The summed E-state index contributed by atoms with van der Waals surface area (Å²) in [5.74, 6) is -0.419. The van der Waals surface area contributed by atoms with Gasteiger partial charge in [0.25, 0.3) is 0 Å². The number of hydrogen-bond donors (Lipinski definition) is 1. The van der Waals surface area contributed by atoms with Crippen LogP contribution in [0.1, 0.15) is 33.3 Å². The van der Waals surface area contributed by atoms with E-state index in [-0.39, 0.29) is 23.1 Å². The monoisotopic (exact) mass is 373 g/mol. The summed E-state index contributed by atoms with van der Waals surface area (Å²) < 4.78 is 5.93. The van der Waals surface area contributed by atoms with Crippen LogP contribution < -0.4 is 5.32 Å². The lowest BCUT2D eigenvalue weighted by atomic mass is 9.75. The maximum atomic E-state index is 13.0. The molecule has 1 radical (unpaired) electrons. The Morgan fingerprint density at radius 3 is 2.38 bits per heavy atom. The highest BCUT2D eigenvalue weighted by Gasteiger charge is 2.43. The van der Waals surface area contributed by atoms with E-state index in [0.29, 0.717) is 12.3 Å². The molecule has 0 aliphatic carbocycles. The van der Waals surface area contributed by atoms with Crippen LogP contribution in [0.5, 0.6) is 0 Å². The van der Waals surface area contributed by atoms with Crippen molar-refractivity contribution in [1.29, 1.82) is 0 Å². The van der Waals surface area contributed by atoms with Gasteiger partial charge in [-0.2, -0.15) is 0 Å². The fourth-order valence-corrected chi connectivity index (χ4v) is 3.60. The molecule has 2 unspecified atom stereocenters. The molecule has 2 amide bonds. The molecule has 26 heavy (non-hydrogen) atoms. The van der Waals surface area contributed by atoms with Gasteiger partial charge in [0.05, 0.1) is 5.70 Å². The number of nitrogens with zero attached hydrogens (tertiary/aromatic N) is 1. The molecule has 141 valence electrons. The van der Waals surface area contributed by atoms with Gasteiger partial charge < -0.3 is 14.6 Å². The molecule has 1 aromatic rings. The molecule has 1 N–H and O–H groups in total. The van der Waals surface area contributed by atoms with Gasteiger partial charge in [-0.15, -0.1) is 0 Å². The first-order valence-electron chi connectivity index (χ1n) is 8.91. The van der Waals surface area contributed by atoms with Crippen molar-refractivity contribution in [2.24, 2.45) is 11.3 Å². The number of benzene rings is 1. The first kappa shape index (κ1) is 20.4. The summed E-state index contributed by atoms with van der Waals surface area (Å²) in [5.41, 5.74) is 1.33. The Morgan fingerprint density at radius 1 is 1.27 bits per heavy atom. The molecular formula is C20H29N2O3Si. The molecule has 2 atom stereocenters. The van der Waals surface area contributed by atoms with Crippen LogP contribution in [0.15, 0.2) is 36.5 Å². The van der Waals surface area contributed by atoms with Gasteiger partial charge in [0, 0.05) is 25.6 Å². The summed E-state index contributed by atoms with van der Waals surface area (Å²) >= 11 is 0. The second kappa shape index (κ2) is 8.18. The first-order valence-corrected chi connectivity index (χ1v) is 11.3. The van der Waals surface area contributed by atoms with Crippen LogP contribution in [0.4, 0.5) is 0 Å². The van der Waals surface area contributed by atoms with Crippen molar-refractivity contribution in [1.82, 2.24) is 10.2 Å². The molecule has 0 saturated heterocycles. The third-order valence-corrected chi connectivity index (χ3v) is 5.33. The normalized spacial score (nSPS) is 19.2. The van der Waals surface area contributed by atoms with Crippen molar-refractivity contribution in [2.75, 3.05) is 6.61 Å². The Morgan fingerprint density at radius 2 is 1.88 bits per heavy atom. The first-order chi connectivity index (χ1) is 12.1. The number of carbonyl (C=O) groups is 2. The van der Waals surface area contributed by atoms with Crippen molar-refractivity contribution in [3.8, 4) is 0 Å². The number of hydrogen-bond acceptors (Lipinski definition) is 3. The molecular weight excluding hydrogens is 344 g/mol. The van der Waals surface area contributed by atoms with Gasteiger partial charge >= 0.3 is 0 Å². The fraction of sp³-hybridized carbons (Fsp3) is 0.500. The van der Waals surface area contributed by atoms with Crippen LogP contribution in [-0.4, -0.2) is 38.4 Å². The summed E-state index contributed by atoms with van der Waals surface area (Å²) in [6, 6.07) is 8.98. The second-order valence-corrected chi connectivity index (χ2v) is 10.1. The number of rotatable bonds is 5. The van der Waals surface area contributed by atoms with Gasteiger partial charge in [0.15, 0.2) is 0 Å². The highest BCUT2D eigenvalue weighted by molar-refractivity contribution is 6.48. The van der Waals surface area contributed by atoms with Crippen LogP contribution in [0.2, 0.25) is 13.1 Å². The Balaban J connectivity index is 2.41. The molecule has 0 fully saturated rings. The molecule has 2 rings (SSSR count). The van der Waals surface area contributed by atoms with Gasteiger partial charge in [-0.25, -0.2) is 0 Å². The molecule has 1 aromatic carbocycles. The number of amides is 2. The van der Waals surface area contributed by atoms with E-state index in [1.807, 2.05) is 30.3 Å². The lowest BCUT2D eigenvalue weighted by Gasteiger charge is -2.43. The molecule has 0 spiro atoms. The summed E-state index contributed by atoms with van der Waals surface area (Å²) in [4.78, 5) is 27.0. The van der Waals surface area contributed by atoms with Gasteiger partial charge in [0.1, 0.15) is 6.04 Å². The lowest BCUT2D eigenvalue weighted by Crippen LogP contribution is -2.57. The van der Waals surface area contributed by atoms with Crippen molar-refractivity contribution in [3.63, 3.8) is 0 Å². The Hall–Kier alpha value is -1.92. The van der Waals surface area contributed by atoms with Crippen LogP contribution >= 0.6 is 0 Å². The number of nitrogens with one attached hydrogen (secondary N) is 1. The Bertz CT molecular complexity index is 680. The van der Waals surface area contributed by atoms with E-state index in [4.69, 9.17) is 4.43 Å². The summed E-state index contributed by atoms with van der Waals surface area (Å²) in [6.45, 7) is 12.4. The molecule has 0 aromatic heterocycles. The van der Waals surface area contributed by atoms with Gasteiger partial charge in [0.2, 0.25) is 20.9 Å². The summed E-state index contributed by atoms with van der Waals surface area (Å²) in [7, 11) is -0.885. The van der Waals surface area contributed by atoms with E-state index in [2.05, 4.69) is 39.2 Å². The molecule has 0 saturated carbocycles. The maximum Gasteiger partial charge on any atom is 0.248 e. The maximum absolute atomic E-state index is 13.0. The molecule has 0 bridgehead atoms. The summed E-state index contributed by atoms with van der Waals surface area (Å²) in [6.07, 6.45) is 1.76. The van der Waals surface area contributed by atoms with Crippen molar-refractivity contribution in [2.45, 2.75) is 46.8 Å². The van der Waals surface area contributed by atoms with Gasteiger partial charge in [-0.3, -0.25) is 9.59 Å². The number of carbonyl (C=O) groups excluding carboxylic acids is 2. The minimum absolute atomic E-state index is 0.111. The minimum Gasteiger partial charge on any atom is -0.417 e. The topological polar surface area (TPSA) is 58.6 Å². The molecule has 5 nitrogen and oxygen atoms in total. The predicted molar refractivity (Wildman–Crippen MR) is 105 cm³/mol. The quantitative estimate of drug-likeness (QED) is 0.806. The van der Waals surface area contributed by atoms with E-state index in [1.54, 1.807) is 11.1 Å². The predicted octanol–water partition coefficient (Wildman–Crippen LogP) is 3.26. The van der Waals surface area contributed by atoms with Crippen LogP contribution in [-0.2, 0) is 14.0 Å². The zero-order chi connectivity index (χ0) is 19.5. The van der Waals surface area contributed by atoms with Crippen LogP contribution in [0, 0.1) is 11.3 Å². The van der Waals surface area contributed by atoms with E-state index in [0.717, 1.165) is 5.56 Å². The van der Waals surface area contributed by atoms with Gasteiger partial charge in [-0.05, 0) is 24.1 Å². The van der Waals surface area contributed by atoms with Crippen molar-refractivity contribution < 1.29 is 14.0 Å². The van der Waals surface area contributed by atoms with E-state index >= 15 is 0 Å². The van der Waals surface area contributed by atoms with Crippen LogP contribution in [0.3, 0.4) is 0 Å². The minimum atomic E-state index is -0.885. The second-order valence-electron chi connectivity index (χ2n) is 7.96. The van der Waals surface area contributed by atoms with E-state index < -0.39 is 15.1 Å². The molecule has 1 aliphatic rings. The zero-order valence-electron chi connectivity index (χ0n) is 16.5. The highest BCUT2D eigenvalue weighted by Crippen LogP contribution is 2.34. The van der Waals surface area contributed by atoms with E-state index in [9.17, 15) is 9.59 Å². The lowest BCUT2D eigenvalue weighted by molar-refractivity contribution is -0.140. The zero-order valence-corrected chi connectivity index (χ0v) is 17.5. The smallest absolute Gasteiger partial charge is 0.248 e. The van der Waals surface area contributed by atoms with Crippen LogP contribution in [0.25, 0.3) is 5.70 Å². The Labute approximate surface area is 158 Å². The average Bonchev–Trinajstić information content (AvgIpc) is 2.55. The van der Waals surface area contributed by atoms with E-state index in [1.165, 1.54) is 6.92 Å². The third-order valence-electron chi connectivity index (χ3n) is 4.59. The van der Waals surface area contributed by atoms with Crippen molar-refractivity contribution in [3.05, 3.63) is 42.1 Å². The molecule has 1 heterocycles. The largest absolute Gasteiger partial charge is 0.417 e.